The average Bonchev–Trinajstić information content (AvgIpc) is 2.86. The van der Waals surface area contributed by atoms with Gasteiger partial charge in [-0.3, -0.25) is 19.4 Å². The van der Waals surface area contributed by atoms with Gasteiger partial charge in [-0.2, -0.15) is 0 Å². The van der Waals surface area contributed by atoms with Gasteiger partial charge >= 0.3 is 5.97 Å². The summed E-state index contributed by atoms with van der Waals surface area (Å²) in [6.07, 6.45) is 8.65. The minimum absolute atomic E-state index is 0.171. The topological polar surface area (TPSA) is 98.7 Å². The first-order valence-corrected chi connectivity index (χ1v) is 13.0. The third kappa shape index (κ3) is 8.42. The van der Waals surface area contributed by atoms with Crippen LogP contribution in [0.15, 0.2) is 24.3 Å². The first-order valence-electron chi connectivity index (χ1n) is 13.0. The first-order chi connectivity index (χ1) is 16.4. The zero-order valence-corrected chi connectivity index (χ0v) is 21.1. The zero-order valence-electron chi connectivity index (χ0n) is 21.1. The molecule has 2 unspecified atom stereocenters. The molecule has 34 heavy (non-hydrogen) atoms. The molecule has 1 aromatic carbocycles. The molecule has 1 heterocycles. The van der Waals surface area contributed by atoms with Gasteiger partial charge in [0.1, 0.15) is 6.04 Å². The van der Waals surface area contributed by atoms with Gasteiger partial charge in [-0.05, 0) is 62.5 Å². The fraction of sp³-hybridized carbons (Fsp3) is 0.667. The van der Waals surface area contributed by atoms with Crippen LogP contribution in [-0.4, -0.2) is 47.5 Å². The van der Waals surface area contributed by atoms with E-state index in [1.807, 2.05) is 6.92 Å². The van der Waals surface area contributed by atoms with Crippen molar-refractivity contribution in [1.29, 1.82) is 0 Å². The van der Waals surface area contributed by atoms with Crippen molar-refractivity contribution in [2.45, 2.75) is 90.5 Å². The molecule has 7 nitrogen and oxygen atoms in total. The molecule has 1 aliphatic rings. The van der Waals surface area contributed by atoms with Gasteiger partial charge in [0.25, 0.3) is 0 Å². The Balaban J connectivity index is 2.17. The van der Waals surface area contributed by atoms with Crippen LogP contribution in [0, 0.1) is 11.8 Å². The van der Waals surface area contributed by atoms with Crippen molar-refractivity contribution in [3.8, 4) is 0 Å². The molecule has 0 saturated carbocycles. The SMILES string of the molecule is CCCCc1ccc(CCC(CC(CCCC)C(=O)O)C(=O)N2NCCC[C@H]2C(=O)NC)cc1. The molecule has 0 aliphatic carbocycles. The molecule has 0 bridgehead atoms. The van der Waals surface area contributed by atoms with Crippen LogP contribution in [0.25, 0.3) is 0 Å². The summed E-state index contributed by atoms with van der Waals surface area (Å²) >= 11 is 0. The second kappa shape index (κ2) is 14.8. The molecule has 1 aliphatic heterocycles. The Bertz CT molecular complexity index is 781. The number of nitrogens with one attached hydrogen (secondary N) is 2. The molecule has 1 fully saturated rings. The van der Waals surface area contributed by atoms with Crippen molar-refractivity contribution in [3.63, 3.8) is 0 Å². The van der Waals surface area contributed by atoms with Gasteiger partial charge in [-0.25, -0.2) is 5.43 Å². The number of hydrogen-bond donors (Lipinski definition) is 3. The van der Waals surface area contributed by atoms with E-state index in [0.717, 1.165) is 37.7 Å². The Hall–Kier alpha value is -2.41. The lowest BCUT2D eigenvalue weighted by molar-refractivity contribution is -0.151. The number of benzene rings is 1. The summed E-state index contributed by atoms with van der Waals surface area (Å²) in [6.45, 7) is 4.85. The van der Waals surface area contributed by atoms with Gasteiger partial charge < -0.3 is 10.4 Å². The number of nitrogens with zero attached hydrogens (tertiary/aromatic N) is 1. The van der Waals surface area contributed by atoms with Gasteiger partial charge in [0, 0.05) is 19.5 Å². The maximum atomic E-state index is 13.6. The molecular weight excluding hydrogens is 430 g/mol. The number of aryl methyl sites for hydroxylation is 2. The number of amides is 2. The van der Waals surface area contributed by atoms with Crippen molar-refractivity contribution >= 4 is 17.8 Å². The normalized spacial score (nSPS) is 17.7. The number of unbranched alkanes of at least 4 members (excludes halogenated alkanes) is 2. The van der Waals surface area contributed by atoms with E-state index in [9.17, 15) is 19.5 Å². The van der Waals surface area contributed by atoms with E-state index >= 15 is 0 Å². The Morgan fingerprint density at radius 2 is 1.68 bits per heavy atom. The number of hydrazine groups is 1. The molecule has 7 heteroatoms. The van der Waals surface area contributed by atoms with E-state index in [1.165, 1.54) is 17.0 Å². The number of hydrogen-bond acceptors (Lipinski definition) is 4. The molecule has 0 spiro atoms. The van der Waals surface area contributed by atoms with Crippen molar-refractivity contribution in [1.82, 2.24) is 15.8 Å². The van der Waals surface area contributed by atoms with Crippen molar-refractivity contribution < 1.29 is 19.5 Å². The summed E-state index contributed by atoms with van der Waals surface area (Å²) in [4.78, 5) is 38.0. The molecule has 3 atom stereocenters. The fourth-order valence-electron chi connectivity index (χ4n) is 4.65. The quantitative estimate of drug-likeness (QED) is 0.378. The second-order valence-corrected chi connectivity index (χ2v) is 9.46. The summed E-state index contributed by atoms with van der Waals surface area (Å²) in [5.41, 5.74) is 5.57. The van der Waals surface area contributed by atoms with E-state index in [0.29, 0.717) is 38.6 Å². The molecule has 2 amide bonds. The molecule has 1 aromatic rings. The third-order valence-electron chi connectivity index (χ3n) is 6.83. The van der Waals surface area contributed by atoms with E-state index in [1.54, 1.807) is 7.05 Å². The van der Waals surface area contributed by atoms with E-state index in [4.69, 9.17) is 0 Å². The molecule has 3 N–H and O–H groups in total. The van der Waals surface area contributed by atoms with Crippen LogP contribution in [-0.2, 0) is 27.2 Å². The Morgan fingerprint density at radius 3 is 2.26 bits per heavy atom. The first kappa shape index (κ1) is 27.8. The number of carboxylic acids is 1. The number of carbonyl (C=O) groups is 3. The van der Waals surface area contributed by atoms with Crippen LogP contribution in [0.2, 0.25) is 0 Å². The third-order valence-corrected chi connectivity index (χ3v) is 6.83. The number of likely N-dealkylation sites (N-methyl/N-ethyl adjacent to an activating group) is 1. The minimum Gasteiger partial charge on any atom is -0.481 e. The molecule has 0 aromatic heterocycles. The Labute approximate surface area is 204 Å². The van der Waals surface area contributed by atoms with Crippen LogP contribution in [0.1, 0.15) is 82.8 Å². The lowest BCUT2D eigenvalue weighted by Gasteiger charge is -2.37. The Morgan fingerprint density at radius 1 is 1.03 bits per heavy atom. The van der Waals surface area contributed by atoms with E-state index in [-0.39, 0.29) is 11.8 Å². The minimum atomic E-state index is -0.846. The zero-order chi connectivity index (χ0) is 24.9. The summed E-state index contributed by atoms with van der Waals surface area (Å²) < 4.78 is 0. The molecule has 1 saturated heterocycles. The van der Waals surface area contributed by atoms with Crippen LogP contribution in [0.3, 0.4) is 0 Å². The summed E-state index contributed by atoms with van der Waals surface area (Å²) in [7, 11) is 1.58. The standard InChI is InChI=1S/C27H43N3O4/c1-4-6-9-20-12-14-21(15-13-20)16-17-22(19-23(27(33)34)10-7-5-2)26(32)30-24(25(31)28-3)11-8-18-29-30/h12-15,22-24,29H,4-11,16-19H2,1-3H3,(H,28,31)(H,33,34)/t22?,23?,24-/m0/s1. The number of aliphatic carboxylic acids is 1. The monoisotopic (exact) mass is 473 g/mol. The van der Waals surface area contributed by atoms with Crippen molar-refractivity contribution in [2.24, 2.45) is 11.8 Å². The van der Waals surface area contributed by atoms with Crippen LogP contribution >= 0.6 is 0 Å². The highest BCUT2D eigenvalue weighted by molar-refractivity contribution is 5.88. The highest BCUT2D eigenvalue weighted by atomic mass is 16.4. The summed E-state index contributed by atoms with van der Waals surface area (Å²) in [6, 6.07) is 7.97. The van der Waals surface area contributed by atoms with Crippen LogP contribution in [0.5, 0.6) is 0 Å². The maximum Gasteiger partial charge on any atom is 0.306 e. The predicted octanol–water partition coefficient (Wildman–Crippen LogP) is 4.10. The lowest BCUT2D eigenvalue weighted by atomic mass is 9.85. The van der Waals surface area contributed by atoms with Gasteiger partial charge in [0.2, 0.25) is 11.8 Å². The predicted molar refractivity (Wildman–Crippen MR) is 134 cm³/mol. The van der Waals surface area contributed by atoms with Gasteiger partial charge in [0.05, 0.1) is 5.92 Å². The lowest BCUT2D eigenvalue weighted by Crippen LogP contribution is -2.59. The molecule has 0 radical (unpaired) electrons. The smallest absolute Gasteiger partial charge is 0.306 e. The average molecular weight is 474 g/mol. The second-order valence-electron chi connectivity index (χ2n) is 9.46. The number of rotatable bonds is 14. The van der Waals surface area contributed by atoms with E-state index in [2.05, 4.69) is 41.9 Å². The van der Waals surface area contributed by atoms with Gasteiger partial charge in [0.15, 0.2) is 0 Å². The molecular formula is C27H43N3O4. The largest absolute Gasteiger partial charge is 0.481 e. The number of carboxylic acid groups (broad SMARTS) is 1. The van der Waals surface area contributed by atoms with Crippen molar-refractivity contribution in [3.05, 3.63) is 35.4 Å². The van der Waals surface area contributed by atoms with Gasteiger partial charge in [-0.1, -0.05) is 57.4 Å². The maximum absolute atomic E-state index is 13.6. The Kier molecular flexibility index (Phi) is 12.1. The highest BCUT2D eigenvalue weighted by Gasteiger charge is 2.37. The summed E-state index contributed by atoms with van der Waals surface area (Å²) in [5, 5.41) is 13.9. The fourth-order valence-corrected chi connectivity index (χ4v) is 4.65. The van der Waals surface area contributed by atoms with Crippen LogP contribution in [0.4, 0.5) is 0 Å². The van der Waals surface area contributed by atoms with Gasteiger partial charge in [-0.15, -0.1) is 0 Å². The molecule has 2 rings (SSSR count). The highest BCUT2D eigenvalue weighted by Crippen LogP contribution is 2.26. The van der Waals surface area contributed by atoms with Crippen LogP contribution < -0.4 is 10.7 Å². The summed E-state index contributed by atoms with van der Waals surface area (Å²) in [5.74, 6) is -2.23. The van der Waals surface area contributed by atoms with Crippen molar-refractivity contribution in [2.75, 3.05) is 13.6 Å². The number of carbonyl (C=O) groups excluding carboxylic acids is 2. The van der Waals surface area contributed by atoms with E-state index < -0.39 is 23.8 Å². The molecule has 190 valence electrons.